The van der Waals surface area contributed by atoms with Crippen molar-refractivity contribution < 1.29 is 38.6 Å². The summed E-state index contributed by atoms with van der Waals surface area (Å²) in [7, 11) is 1.53. The van der Waals surface area contributed by atoms with Crippen molar-refractivity contribution in [1.82, 2.24) is 10.2 Å². The highest BCUT2D eigenvalue weighted by atomic mass is 35.5. The Morgan fingerprint density at radius 1 is 0.820 bits per heavy atom. The van der Waals surface area contributed by atoms with Crippen LogP contribution in [0.2, 0.25) is 5.02 Å². The maximum Gasteiger partial charge on any atom is 0.326 e. The lowest BCUT2D eigenvalue weighted by atomic mass is 9.88. The number of hydrogen-bond donors (Lipinski definition) is 5. The fraction of sp³-hybridized carbons (Fsp3) is 0.383. The minimum absolute atomic E-state index is 0.0521. The van der Waals surface area contributed by atoms with Crippen molar-refractivity contribution >= 4 is 41.0 Å². The van der Waals surface area contributed by atoms with Gasteiger partial charge in [0.1, 0.15) is 42.6 Å². The van der Waals surface area contributed by atoms with E-state index in [4.69, 9.17) is 38.3 Å². The molecule has 14 heteroatoms. The number of hydrogen-bond acceptors (Lipinski definition) is 10. The van der Waals surface area contributed by atoms with Gasteiger partial charge in [0, 0.05) is 73.8 Å². The van der Waals surface area contributed by atoms with Gasteiger partial charge >= 0.3 is 5.97 Å². The van der Waals surface area contributed by atoms with Gasteiger partial charge in [0.2, 0.25) is 11.8 Å². The fourth-order valence-electron chi connectivity index (χ4n) is 7.61. The molecule has 0 saturated heterocycles. The van der Waals surface area contributed by atoms with Crippen LogP contribution in [-0.2, 0) is 36.8 Å². The summed E-state index contributed by atoms with van der Waals surface area (Å²) < 4.78 is 12.1. The lowest BCUT2D eigenvalue weighted by Crippen LogP contribution is -2.45. The molecule has 13 nitrogen and oxygen atoms in total. The van der Waals surface area contributed by atoms with Crippen LogP contribution in [0.15, 0.2) is 84.9 Å². The van der Waals surface area contributed by atoms with E-state index in [2.05, 4.69) is 5.32 Å². The van der Waals surface area contributed by atoms with Gasteiger partial charge in [0.05, 0.1) is 0 Å². The summed E-state index contributed by atoms with van der Waals surface area (Å²) in [6.45, 7) is 2.73. The Kier molecular flexibility index (Phi) is 17.0. The lowest BCUT2D eigenvalue weighted by molar-refractivity contribution is -0.144. The maximum absolute atomic E-state index is 14.7. The molecule has 5 rings (SSSR count). The summed E-state index contributed by atoms with van der Waals surface area (Å²) in [4.78, 5) is 70.3. The van der Waals surface area contributed by atoms with E-state index in [0.717, 1.165) is 16.7 Å². The largest absolute Gasteiger partial charge is 0.492 e. The smallest absolute Gasteiger partial charge is 0.326 e. The number of ether oxygens (including phenoxy) is 2. The molecule has 0 aliphatic carbocycles. The number of ketones is 2. The minimum Gasteiger partial charge on any atom is -0.492 e. The third-order valence-corrected chi connectivity index (χ3v) is 11.1. The zero-order chi connectivity index (χ0) is 44.1. The van der Waals surface area contributed by atoms with Gasteiger partial charge in [0.15, 0.2) is 5.78 Å². The van der Waals surface area contributed by atoms with Gasteiger partial charge in [-0.1, -0.05) is 73.5 Å². The van der Waals surface area contributed by atoms with Gasteiger partial charge in [-0.25, -0.2) is 4.79 Å². The van der Waals surface area contributed by atoms with Crippen molar-refractivity contribution in [3.63, 3.8) is 0 Å². The fourth-order valence-corrected chi connectivity index (χ4v) is 7.73. The Morgan fingerprint density at radius 2 is 1.43 bits per heavy atom. The molecule has 0 fully saturated rings. The molecule has 2 amide bonds. The highest BCUT2D eigenvalue weighted by Gasteiger charge is 2.36. The molecule has 8 N–H and O–H groups in total. The van der Waals surface area contributed by atoms with Crippen LogP contribution in [0, 0.1) is 11.8 Å². The van der Waals surface area contributed by atoms with Gasteiger partial charge in [0.25, 0.3) is 0 Å². The molecule has 0 radical (unpaired) electrons. The van der Waals surface area contributed by atoms with Crippen molar-refractivity contribution in [2.45, 2.75) is 64.0 Å². The van der Waals surface area contributed by atoms with E-state index in [9.17, 15) is 29.1 Å². The third-order valence-electron chi connectivity index (χ3n) is 10.8. The number of aliphatic carboxylic acids is 1. The van der Waals surface area contributed by atoms with E-state index in [1.54, 1.807) is 43.3 Å². The number of benzene rings is 4. The molecule has 4 aromatic rings. The standard InChI is InChI=1S/C47H56ClN5O8/c1-29-23-41(55)44(53(2)46(57)35(5-3-4-18-49)27-37(54)24-30-6-9-32(10-7-30)33-11-14-36(48)15-12-33)34-13-17-43(61-22-20-51)39(28-34)38-25-31(8-16-42(38)60-21-19-50)26-40(47(58)59)52-45(29)56/h6-17,25,28-29,35,40,44H,3-5,18-24,26-27,49-51H2,1-2H3,(H,52,56)(H,58,59)/t29-,35-,40+,44+/m1/s1. The van der Waals surface area contributed by atoms with E-state index in [-0.39, 0.29) is 57.8 Å². The van der Waals surface area contributed by atoms with Crippen LogP contribution in [0.1, 0.15) is 61.8 Å². The second-order valence-electron chi connectivity index (χ2n) is 15.5. The van der Waals surface area contributed by atoms with E-state index < -0.39 is 47.5 Å². The number of nitrogens with one attached hydrogen (secondary N) is 1. The van der Waals surface area contributed by atoms with Gasteiger partial charge in [-0.3, -0.25) is 19.2 Å². The highest BCUT2D eigenvalue weighted by Crippen LogP contribution is 2.41. The number of unbranched alkanes of at least 4 members (excludes halogenated alkanes) is 1. The van der Waals surface area contributed by atoms with E-state index in [0.29, 0.717) is 64.6 Å². The predicted octanol–water partition coefficient (Wildman–Crippen LogP) is 5.52. The number of halogens is 1. The predicted molar refractivity (Wildman–Crippen MR) is 235 cm³/mol. The van der Waals surface area contributed by atoms with Gasteiger partial charge in [-0.15, -0.1) is 0 Å². The molecule has 0 unspecified atom stereocenters. The Hall–Kier alpha value is -5.60. The summed E-state index contributed by atoms with van der Waals surface area (Å²) in [5.74, 6) is -3.73. The number of rotatable bonds is 18. The normalized spacial score (nSPS) is 17.1. The number of nitrogens with two attached hydrogens (primary N) is 3. The summed E-state index contributed by atoms with van der Waals surface area (Å²) in [5, 5.41) is 13.4. The quantitative estimate of drug-likeness (QED) is 0.0786. The minimum atomic E-state index is -1.30. The summed E-state index contributed by atoms with van der Waals surface area (Å²) in [6.07, 6.45) is 1.28. The number of nitrogens with zero attached hydrogens (tertiary/aromatic N) is 1. The monoisotopic (exact) mass is 853 g/mol. The molecule has 1 heterocycles. The Labute approximate surface area is 361 Å². The van der Waals surface area contributed by atoms with Crippen LogP contribution in [0.4, 0.5) is 0 Å². The molecule has 324 valence electrons. The highest BCUT2D eigenvalue weighted by molar-refractivity contribution is 6.30. The first-order valence-electron chi connectivity index (χ1n) is 20.7. The average molecular weight is 854 g/mol. The first-order valence-corrected chi connectivity index (χ1v) is 21.0. The molecule has 4 atom stereocenters. The Morgan fingerprint density at radius 3 is 2.03 bits per heavy atom. The van der Waals surface area contributed by atoms with Crippen LogP contribution in [0.3, 0.4) is 0 Å². The topological polar surface area (TPSA) is 217 Å². The number of carboxylic acid groups (broad SMARTS) is 1. The van der Waals surface area contributed by atoms with Crippen LogP contribution < -0.4 is 32.0 Å². The summed E-state index contributed by atoms with van der Waals surface area (Å²) in [5.41, 5.74) is 22.3. The van der Waals surface area contributed by atoms with Crippen LogP contribution in [-0.4, -0.2) is 85.3 Å². The lowest BCUT2D eigenvalue weighted by Gasteiger charge is -2.32. The molecular formula is C47H56ClN5O8. The number of amides is 2. The zero-order valence-corrected chi connectivity index (χ0v) is 35.5. The van der Waals surface area contributed by atoms with Crippen molar-refractivity contribution in [3.8, 4) is 33.8 Å². The molecule has 61 heavy (non-hydrogen) atoms. The molecule has 4 aromatic carbocycles. The van der Waals surface area contributed by atoms with Crippen LogP contribution in [0.25, 0.3) is 22.3 Å². The number of fused-ring (bicyclic) bond motifs is 5. The molecule has 0 saturated carbocycles. The number of Topliss-reactive ketones (excluding diaryl/α,β-unsaturated/α-hetero) is 2. The molecule has 0 spiro atoms. The number of likely N-dealkylation sites (N-methyl/N-ethyl adjacent to an activating group) is 1. The van der Waals surface area contributed by atoms with Crippen molar-refractivity contribution in [2.75, 3.05) is 39.9 Å². The van der Waals surface area contributed by atoms with Gasteiger partial charge in [-0.2, -0.15) is 0 Å². The van der Waals surface area contributed by atoms with Crippen molar-refractivity contribution in [3.05, 3.63) is 107 Å². The third kappa shape index (κ3) is 12.5. The Bertz CT molecular complexity index is 2160. The molecule has 1 aliphatic heterocycles. The second kappa shape index (κ2) is 22.3. The summed E-state index contributed by atoms with van der Waals surface area (Å²) >= 11 is 6.06. The van der Waals surface area contributed by atoms with Crippen molar-refractivity contribution in [2.24, 2.45) is 29.0 Å². The maximum atomic E-state index is 14.7. The van der Waals surface area contributed by atoms with E-state index in [1.807, 2.05) is 48.5 Å². The van der Waals surface area contributed by atoms with Crippen molar-refractivity contribution in [1.29, 1.82) is 0 Å². The molecule has 0 aromatic heterocycles. The average Bonchev–Trinajstić information content (AvgIpc) is 3.24. The number of carbonyl (C=O) groups excluding carboxylic acids is 4. The van der Waals surface area contributed by atoms with Gasteiger partial charge < -0.3 is 42.0 Å². The summed E-state index contributed by atoms with van der Waals surface area (Å²) in [6, 6.07) is 23.0. The van der Waals surface area contributed by atoms with Gasteiger partial charge in [-0.05, 0) is 83.6 Å². The van der Waals surface area contributed by atoms with Crippen LogP contribution in [0.5, 0.6) is 11.5 Å². The second-order valence-corrected chi connectivity index (χ2v) is 15.9. The van der Waals surface area contributed by atoms with E-state index in [1.165, 1.54) is 11.9 Å². The van der Waals surface area contributed by atoms with E-state index >= 15 is 0 Å². The number of carbonyl (C=O) groups is 5. The number of carboxylic acids is 1. The zero-order valence-electron chi connectivity index (χ0n) is 34.7. The first kappa shape index (κ1) is 46.5. The van der Waals surface area contributed by atoms with Crippen LogP contribution >= 0.6 is 11.6 Å². The molecular weight excluding hydrogens is 798 g/mol. The first-order chi connectivity index (χ1) is 29.3. The SMILES string of the molecule is C[C@@H]1CC(=O)[C@@H](N(C)C(=O)[C@H](CCCCN)CC(=O)Cc2ccc(-c3ccc(Cl)cc3)cc2)c2ccc(OCCN)c(c2)-c2cc(ccc2OCCN)C[C@@H](C(=O)O)NC1=O. The molecule has 4 bridgehead atoms. The molecule has 1 aliphatic rings. The Balaban J connectivity index is 1.53.